The molecule has 0 saturated carbocycles. The van der Waals surface area contributed by atoms with Crippen molar-refractivity contribution in [2.24, 2.45) is 0 Å². The average molecular weight is 426 g/mol. The molecule has 1 amide bonds. The average Bonchev–Trinajstić information content (AvgIpc) is 3.43. The Bertz CT molecular complexity index is 960. The van der Waals surface area contributed by atoms with Crippen LogP contribution in [0.4, 0.5) is 13.2 Å². The van der Waals surface area contributed by atoms with Crippen molar-refractivity contribution in [3.05, 3.63) is 41.4 Å². The van der Waals surface area contributed by atoms with Crippen LogP contribution >= 0.6 is 11.3 Å². The van der Waals surface area contributed by atoms with E-state index in [1.54, 1.807) is 4.90 Å². The van der Waals surface area contributed by atoms with Gasteiger partial charge in [-0.05, 0) is 17.5 Å². The number of amides is 1. The van der Waals surface area contributed by atoms with E-state index in [4.69, 9.17) is 4.52 Å². The molecule has 0 unspecified atom stereocenters. The summed E-state index contributed by atoms with van der Waals surface area (Å²) in [6, 6.07) is 4.69. The summed E-state index contributed by atoms with van der Waals surface area (Å²) < 4.78 is 44.1. The van der Waals surface area contributed by atoms with E-state index in [-0.39, 0.29) is 12.5 Å². The lowest BCUT2D eigenvalue weighted by Crippen LogP contribution is -2.49. The molecule has 29 heavy (non-hydrogen) atoms. The number of carbonyl (C=O) groups is 1. The Kier molecular flexibility index (Phi) is 5.37. The number of rotatable bonds is 5. The van der Waals surface area contributed by atoms with Gasteiger partial charge in [0.1, 0.15) is 6.54 Å². The second-order valence-corrected chi connectivity index (χ2v) is 7.49. The Morgan fingerprint density at radius 2 is 2.00 bits per heavy atom. The second kappa shape index (κ2) is 7.95. The number of hydrogen-bond acceptors (Lipinski definition) is 7. The van der Waals surface area contributed by atoms with Gasteiger partial charge in [0.05, 0.1) is 11.4 Å². The minimum atomic E-state index is -4.52. The topological polar surface area (TPSA) is 80.3 Å². The van der Waals surface area contributed by atoms with Gasteiger partial charge in [-0.15, -0.1) is 11.3 Å². The van der Waals surface area contributed by atoms with Gasteiger partial charge in [0.25, 0.3) is 0 Å². The van der Waals surface area contributed by atoms with Crippen LogP contribution in [0, 0.1) is 0 Å². The molecule has 0 atom stereocenters. The highest BCUT2D eigenvalue weighted by atomic mass is 32.1. The molecule has 1 fully saturated rings. The number of hydrogen-bond donors (Lipinski definition) is 0. The van der Waals surface area contributed by atoms with Crippen LogP contribution in [0.5, 0.6) is 0 Å². The van der Waals surface area contributed by atoms with Crippen LogP contribution in [0.2, 0.25) is 0 Å². The third-order valence-corrected chi connectivity index (χ3v) is 5.39. The van der Waals surface area contributed by atoms with Crippen molar-refractivity contribution in [1.82, 2.24) is 29.7 Å². The van der Waals surface area contributed by atoms with Gasteiger partial charge >= 0.3 is 6.18 Å². The summed E-state index contributed by atoms with van der Waals surface area (Å²) in [7, 11) is 0. The Labute approximate surface area is 167 Å². The Hall–Kier alpha value is -2.73. The summed E-state index contributed by atoms with van der Waals surface area (Å²) in [6.45, 7) is 2.42. The first-order valence-electron chi connectivity index (χ1n) is 8.86. The molecule has 1 aliphatic rings. The fraction of sp³-hybridized carbons (Fsp3) is 0.412. The Morgan fingerprint density at radius 3 is 2.66 bits per heavy atom. The van der Waals surface area contributed by atoms with E-state index in [0.29, 0.717) is 44.4 Å². The summed E-state index contributed by atoms with van der Waals surface area (Å²) in [5, 5.41) is 9.33. The van der Waals surface area contributed by atoms with Crippen molar-refractivity contribution in [3.63, 3.8) is 0 Å². The van der Waals surface area contributed by atoms with Gasteiger partial charge in [-0.25, -0.2) is 0 Å². The smallest absolute Gasteiger partial charge is 0.339 e. The van der Waals surface area contributed by atoms with E-state index in [2.05, 4.69) is 20.1 Å². The van der Waals surface area contributed by atoms with Gasteiger partial charge in [0.15, 0.2) is 5.69 Å². The van der Waals surface area contributed by atoms with Crippen LogP contribution in [-0.4, -0.2) is 61.8 Å². The predicted molar refractivity (Wildman–Crippen MR) is 96.7 cm³/mol. The molecular weight excluding hydrogens is 409 g/mol. The van der Waals surface area contributed by atoms with Gasteiger partial charge in [0.2, 0.25) is 17.6 Å². The lowest BCUT2D eigenvalue weighted by atomic mass is 10.3. The van der Waals surface area contributed by atoms with Gasteiger partial charge in [-0.3, -0.25) is 14.4 Å². The van der Waals surface area contributed by atoms with Crippen molar-refractivity contribution >= 4 is 17.2 Å². The molecule has 8 nitrogen and oxygen atoms in total. The summed E-state index contributed by atoms with van der Waals surface area (Å²) in [4.78, 5) is 21.4. The Balaban J connectivity index is 1.27. The summed E-state index contributed by atoms with van der Waals surface area (Å²) in [5.41, 5.74) is -1.00. The maximum absolute atomic E-state index is 12.6. The number of thiophene rings is 1. The molecule has 12 heteroatoms. The van der Waals surface area contributed by atoms with Gasteiger partial charge in [0, 0.05) is 32.4 Å². The zero-order valence-electron chi connectivity index (χ0n) is 15.2. The number of carbonyl (C=O) groups excluding carboxylic acids is 1. The fourth-order valence-corrected chi connectivity index (χ4v) is 3.66. The molecule has 154 valence electrons. The van der Waals surface area contributed by atoms with E-state index in [0.717, 1.165) is 21.8 Å². The minimum absolute atomic E-state index is 0.218. The van der Waals surface area contributed by atoms with Gasteiger partial charge < -0.3 is 9.42 Å². The van der Waals surface area contributed by atoms with Crippen LogP contribution in [0.1, 0.15) is 11.6 Å². The van der Waals surface area contributed by atoms with E-state index in [1.165, 1.54) is 11.3 Å². The zero-order chi connectivity index (χ0) is 20.4. The monoisotopic (exact) mass is 426 g/mol. The standard InChI is InChI=1S/C17H17F3N6O2S/c18-17(19,20)13-3-4-26(22-13)11-15(27)25-7-5-24(6-8-25)10-14-21-16(23-28-14)12-2-1-9-29-12/h1-4,9H,5-8,10-11H2. The molecule has 3 aromatic heterocycles. The van der Waals surface area contributed by atoms with E-state index >= 15 is 0 Å². The van der Waals surface area contributed by atoms with Crippen molar-refractivity contribution in [1.29, 1.82) is 0 Å². The number of nitrogens with zero attached hydrogens (tertiary/aromatic N) is 6. The molecule has 0 aromatic carbocycles. The maximum atomic E-state index is 12.6. The number of piperazine rings is 1. The van der Waals surface area contributed by atoms with Crippen molar-refractivity contribution in [2.75, 3.05) is 26.2 Å². The summed E-state index contributed by atoms with van der Waals surface area (Å²) in [6.07, 6.45) is -3.35. The number of alkyl halides is 3. The minimum Gasteiger partial charge on any atom is -0.339 e. The number of aromatic nitrogens is 4. The van der Waals surface area contributed by atoms with Crippen molar-refractivity contribution in [2.45, 2.75) is 19.3 Å². The summed E-state index contributed by atoms with van der Waals surface area (Å²) >= 11 is 1.53. The van der Waals surface area contributed by atoms with Crippen LogP contribution in [-0.2, 0) is 24.1 Å². The quantitative estimate of drug-likeness (QED) is 0.623. The first-order valence-corrected chi connectivity index (χ1v) is 9.74. The third kappa shape index (κ3) is 4.65. The zero-order valence-corrected chi connectivity index (χ0v) is 16.0. The maximum Gasteiger partial charge on any atom is 0.435 e. The largest absolute Gasteiger partial charge is 0.435 e. The number of halogens is 3. The molecule has 0 aliphatic carbocycles. The van der Waals surface area contributed by atoms with Crippen molar-refractivity contribution < 1.29 is 22.5 Å². The molecular formula is C17H17F3N6O2S. The van der Waals surface area contributed by atoms with E-state index in [9.17, 15) is 18.0 Å². The lowest BCUT2D eigenvalue weighted by Gasteiger charge is -2.33. The molecule has 0 N–H and O–H groups in total. The molecule has 0 spiro atoms. The fourth-order valence-electron chi connectivity index (χ4n) is 3.01. The molecule has 1 aliphatic heterocycles. The van der Waals surface area contributed by atoms with Crippen molar-refractivity contribution in [3.8, 4) is 10.7 Å². The molecule has 1 saturated heterocycles. The lowest BCUT2D eigenvalue weighted by molar-refractivity contribution is -0.142. The molecule has 4 rings (SSSR count). The first-order chi connectivity index (χ1) is 13.9. The third-order valence-electron chi connectivity index (χ3n) is 4.52. The van der Waals surface area contributed by atoms with E-state index < -0.39 is 11.9 Å². The normalized spacial score (nSPS) is 15.8. The summed E-state index contributed by atoms with van der Waals surface area (Å²) in [5.74, 6) is 0.796. The highest BCUT2D eigenvalue weighted by Crippen LogP contribution is 2.27. The second-order valence-electron chi connectivity index (χ2n) is 6.54. The Morgan fingerprint density at radius 1 is 1.21 bits per heavy atom. The highest BCUT2D eigenvalue weighted by molar-refractivity contribution is 7.13. The highest BCUT2D eigenvalue weighted by Gasteiger charge is 2.34. The molecule has 0 radical (unpaired) electrons. The van der Waals surface area contributed by atoms with E-state index in [1.807, 2.05) is 17.5 Å². The molecule has 4 heterocycles. The molecule has 3 aromatic rings. The SMILES string of the molecule is O=C(Cn1ccc(C(F)(F)F)n1)N1CCN(Cc2nc(-c3cccs3)no2)CC1. The van der Waals surface area contributed by atoms with Gasteiger partial charge in [-0.2, -0.15) is 23.3 Å². The van der Waals surface area contributed by atoms with Crippen LogP contribution < -0.4 is 0 Å². The van der Waals surface area contributed by atoms with Crippen LogP contribution in [0.25, 0.3) is 10.7 Å². The predicted octanol–water partition coefficient (Wildman–Crippen LogP) is 2.36. The van der Waals surface area contributed by atoms with Crippen LogP contribution in [0.15, 0.2) is 34.3 Å². The molecule has 0 bridgehead atoms. The van der Waals surface area contributed by atoms with Crippen LogP contribution in [0.3, 0.4) is 0 Å². The first kappa shape index (κ1) is 19.6. The van der Waals surface area contributed by atoms with Gasteiger partial charge in [-0.1, -0.05) is 11.2 Å².